The van der Waals surface area contributed by atoms with E-state index in [1.54, 1.807) is 6.07 Å². The Kier molecular flexibility index (Phi) is 3.60. The van der Waals surface area contributed by atoms with E-state index in [1.165, 1.54) is 19.1 Å². The van der Waals surface area contributed by atoms with Gasteiger partial charge in [-0.1, -0.05) is 19.9 Å². The number of rotatable bonds is 3. The van der Waals surface area contributed by atoms with Gasteiger partial charge in [0.15, 0.2) is 0 Å². The SMILES string of the molecule is CC(=O)Oc1ccc(C(C)C)cc1[N+](=O)[O-]. The zero-order chi connectivity index (χ0) is 12.3. The zero-order valence-electron chi connectivity index (χ0n) is 9.39. The van der Waals surface area contributed by atoms with E-state index in [2.05, 4.69) is 0 Å². The first-order valence-electron chi connectivity index (χ1n) is 4.88. The van der Waals surface area contributed by atoms with Crippen LogP contribution in [-0.2, 0) is 4.79 Å². The number of benzene rings is 1. The van der Waals surface area contributed by atoms with E-state index in [0.717, 1.165) is 5.56 Å². The summed E-state index contributed by atoms with van der Waals surface area (Å²) in [5.41, 5.74) is 0.656. The molecule has 0 radical (unpaired) electrons. The highest BCUT2D eigenvalue weighted by molar-refractivity contribution is 5.71. The van der Waals surface area contributed by atoms with Crippen LogP contribution in [0.4, 0.5) is 5.69 Å². The van der Waals surface area contributed by atoms with E-state index >= 15 is 0 Å². The maximum atomic E-state index is 10.8. The van der Waals surface area contributed by atoms with Gasteiger partial charge in [-0.05, 0) is 17.5 Å². The first-order valence-corrected chi connectivity index (χ1v) is 4.88. The summed E-state index contributed by atoms with van der Waals surface area (Å²) < 4.78 is 4.76. The first kappa shape index (κ1) is 12.2. The van der Waals surface area contributed by atoms with Gasteiger partial charge in [0, 0.05) is 13.0 Å². The number of carbonyl (C=O) groups excluding carboxylic acids is 1. The Hall–Kier alpha value is -1.91. The third-order valence-corrected chi connectivity index (χ3v) is 2.10. The van der Waals surface area contributed by atoms with E-state index in [-0.39, 0.29) is 17.4 Å². The van der Waals surface area contributed by atoms with Crippen molar-refractivity contribution in [2.45, 2.75) is 26.7 Å². The van der Waals surface area contributed by atoms with E-state index < -0.39 is 10.9 Å². The van der Waals surface area contributed by atoms with Crippen LogP contribution in [0.3, 0.4) is 0 Å². The van der Waals surface area contributed by atoms with Crippen molar-refractivity contribution in [3.8, 4) is 5.75 Å². The van der Waals surface area contributed by atoms with Crippen LogP contribution < -0.4 is 4.74 Å². The molecule has 0 aliphatic heterocycles. The second kappa shape index (κ2) is 4.74. The van der Waals surface area contributed by atoms with Gasteiger partial charge in [0.2, 0.25) is 5.75 Å². The molecule has 0 aliphatic carbocycles. The fourth-order valence-corrected chi connectivity index (χ4v) is 1.28. The molecular formula is C11H13NO4. The maximum Gasteiger partial charge on any atom is 0.311 e. The Morgan fingerprint density at radius 1 is 1.44 bits per heavy atom. The summed E-state index contributed by atoms with van der Waals surface area (Å²) in [6.07, 6.45) is 0. The topological polar surface area (TPSA) is 69.4 Å². The molecule has 1 rings (SSSR count). The molecule has 0 saturated heterocycles. The standard InChI is InChI=1S/C11H13NO4/c1-7(2)9-4-5-11(16-8(3)13)10(6-9)12(14)15/h4-7H,1-3H3. The molecule has 0 bridgehead atoms. The molecule has 0 spiro atoms. The molecule has 1 aromatic carbocycles. The number of carbonyl (C=O) groups is 1. The largest absolute Gasteiger partial charge is 0.419 e. The zero-order valence-corrected chi connectivity index (χ0v) is 9.39. The van der Waals surface area contributed by atoms with Gasteiger partial charge in [0.1, 0.15) is 0 Å². The Labute approximate surface area is 93.2 Å². The molecule has 0 aliphatic rings. The van der Waals surface area contributed by atoms with Crippen LogP contribution in [0.1, 0.15) is 32.3 Å². The fraction of sp³-hybridized carbons (Fsp3) is 0.364. The van der Waals surface area contributed by atoms with E-state index in [0.29, 0.717) is 0 Å². The molecular weight excluding hydrogens is 210 g/mol. The van der Waals surface area contributed by atoms with Gasteiger partial charge in [-0.25, -0.2) is 0 Å². The predicted molar refractivity (Wildman–Crippen MR) is 58.5 cm³/mol. The Morgan fingerprint density at radius 3 is 2.50 bits per heavy atom. The lowest BCUT2D eigenvalue weighted by molar-refractivity contribution is -0.385. The lowest BCUT2D eigenvalue weighted by atomic mass is 10.0. The van der Waals surface area contributed by atoms with E-state index in [9.17, 15) is 14.9 Å². The quantitative estimate of drug-likeness (QED) is 0.342. The number of hydrogen-bond acceptors (Lipinski definition) is 4. The monoisotopic (exact) mass is 223 g/mol. The molecule has 0 unspecified atom stereocenters. The van der Waals surface area contributed by atoms with Crippen LogP contribution in [0.2, 0.25) is 0 Å². The summed E-state index contributed by atoms with van der Waals surface area (Å²) >= 11 is 0. The average Bonchev–Trinajstić information content (AvgIpc) is 2.16. The van der Waals surface area contributed by atoms with E-state index in [1.807, 2.05) is 13.8 Å². The van der Waals surface area contributed by atoms with Crippen molar-refractivity contribution >= 4 is 11.7 Å². The molecule has 0 saturated carbocycles. The Bertz CT molecular complexity index is 426. The van der Waals surface area contributed by atoms with Gasteiger partial charge in [0.25, 0.3) is 0 Å². The molecule has 0 fully saturated rings. The van der Waals surface area contributed by atoms with Gasteiger partial charge in [0.05, 0.1) is 4.92 Å². The van der Waals surface area contributed by atoms with Crippen LogP contribution in [-0.4, -0.2) is 10.9 Å². The van der Waals surface area contributed by atoms with Crippen LogP contribution in [0.5, 0.6) is 5.75 Å². The van der Waals surface area contributed by atoms with Crippen molar-refractivity contribution in [3.63, 3.8) is 0 Å². The summed E-state index contributed by atoms with van der Waals surface area (Å²) in [6, 6.07) is 4.60. The maximum absolute atomic E-state index is 10.8. The highest BCUT2D eigenvalue weighted by Crippen LogP contribution is 2.30. The molecule has 16 heavy (non-hydrogen) atoms. The summed E-state index contributed by atoms with van der Waals surface area (Å²) in [5.74, 6) is -0.396. The molecule has 0 N–H and O–H groups in total. The lowest BCUT2D eigenvalue weighted by Gasteiger charge is -2.07. The second-order valence-corrected chi connectivity index (χ2v) is 3.73. The minimum atomic E-state index is -0.569. The summed E-state index contributed by atoms with van der Waals surface area (Å²) in [7, 11) is 0. The van der Waals surface area contributed by atoms with Crippen molar-refractivity contribution in [2.75, 3.05) is 0 Å². The van der Waals surface area contributed by atoms with Crippen LogP contribution in [0.25, 0.3) is 0 Å². The molecule has 5 nitrogen and oxygen atoms in total. The van der Waals surface area contributed by atoms with Crippen LogP contribution in [0, 0.1) is 10.1 Å². The van der Waals surface area contributed by atoms with Gasteiger partial charge >= 0.3 is 11.7 Å². The summed E-state index contributed by atoms with van der Waals surface area (Å²) in [4.78, 5) is 21.0. The first-order chi connectivity index (χ1) is 7.41. The fourth-order valence-electron chi connectivity index (χ4n) is 1.28. The number of ether oxygens (including phenoxy) is 1. The van der Waals surface area contributed by atoms with Crippen molar-refractivity contribution in [1.29, 1.82) is 0 Å². The second-order valence-electron chi connectivity index (χ2n) is 3.73. The minimum Gasteiger partial charge on any atom is -0.419 e. The molecule has 86 valence electrons. The number of nitro groups is 1. The lowest BCUT2D eigenvalue weighted by Crippen LogP contribution is -2.04. The number of nitro benzene ring substituents is 1. The van der Waals surface area contributed by atoms with Crippen molar-refractivity contribution in [1.82, 2.24) is 0 Å². The molecule has 1 aromatic rings. The third kappa shape index (κ3) is 2.79. The number of hydrogen-bond donors (Lipinski definition) is 0. The highest BCUT2D eigenvalue weighted by Gasteiger charge is 2.18. The highest BCUT2D eigenvalue weighted by atomic mass is 16.6. The average molecular weight is 223 g/mol. The number of nitrogens with zero attached hydrogens (tertiary/aromatic N) is 1. The number of esters is 1. The van der Waals surface area contributed by atoms with Crippen molar-refractivity contribution in [3.05, 3.63) is 33.9 Å². The van der Waals surface area contributed by atoms with Gasteiger partial charge in [-0.2, -0.15) is 0 Å². The van der Waals surface area contributed by atoms with Crippen LogP contribution >= 0.6 is 0 Å². The Morgan fingerprint density at radius 2 is 2.06 bits per heavy atom. The Balaban J connectivity index is 3.19. The smallest absolute Gasteiger partial charge is 0.311 e. The molecule has 0 amide bonds. The predicted octanol–water partition coefficient (Wildman–Crippen LogP) is 2.64. The molecule has 0 heterocycles. The third-order valence-electron chi connectivity index (χ3n) is 2.10. The van der Waals surface area contributed by atoms with Gasteiger partial charge in [-0.3, -0.25) is 14.9 Å². The minimum absolute atomic E-state index is 0.0121. The molecule has 0 atom stereocenters. The van der Waals surface area contributed by atoms with Crippen LogP contribution in [0.15, 0.2) is 18.2 Å². The molecule has 5 heteroatoms. The van der Waals surface area contributed by atoms with Gasteiger partial charge < -0.3 is 4.74 Å². The molecule has 0 aromatic heterocycles. The van der Waals surface area contributed by atoms with Crippen molar-refractivity contribution < 1.29 is 14.5 Å². The van der Waals surface area contributed by atoms with E-state index in [4.69, 9.17) is 4.74 Å². The van der Waals surface area contributed by atoms with Gasteiger partial charge in [-0.15, -0.1) is 0 Å². The van der Waals surface area contributed by atoms with Crippen molar-refractivity contribution in [2.24, 2.45) is 0 Å². The normalized spacial score (nSPS) is 10.2. The summed E-state index contributed by atoms with van der Waals surface area (Å²) in [6.45, 7) is 5.08. The summed E-state index contributed by atoms with van der Waals surface area (Å²) in [5, 5.41) is 10.8.